The third-order valence-corrected chi connectivity index (χ3v) is 5.45. The van der Waals surface area contributed by atoms with E-state index in [9.17, 15) is 20.4 Å². The first-order chi connectivity index (χ1) is 10.1. The van der Waals surface area contributed by atoms with E-state index in [1.54, 1.807) is 12.1 Å². The van der Waals surface area contributed by atoms with Crippen LogP contribution in [0.5, 0.6) is 23.0 Å². The highest BCUT2D eigenvalue weighted by Gasteiger charge is 2.47. The Morgan fingerprint density at radius 1 is 0.682 bits per heavy atom. The quantitative estimate of drug-likeness (QED) is 0.559. The fourth-order valence-corrected chi connectivity index (χ4v) is 3.35. The van der Waals surface area contributed by atoms with E-state index >= 15 is 0 Å². The van der Waals surface area contributed by atoms with Gasteiger partial charge in [0.1, 0.15) is 0 Å². The average molecular weight is 300 g/mol. The maximum atomic E-state index is 10.4. The molecule has 0 fully saturated rings. The lowest BCUT2D eigenvalue weighted by atomic mass is 9.55. The molecular weight excluding hydrogens is 280 g/mol. The van der Waals surface area contributed by atoms with Crippen LogP contribution in [0, 0.1) is 0 Å². The summed E-state index contributed by atoms with van der Waals surface area (Å²) < 4.78 is 0. The van der Waals surface area contributed by atoms with Crippen LogP contribution in [-0.2, 0) is 10.8 Å². The maximum Gasteiger partial charge on any atom is 0.165 e. The number of fused-ring (bicyclic) bond motifs is 3. The van der Waals surface area contributed by atoms with Crippen LogP contribution in [-0.4, -0.2) is 20.4 Å². The molecule has 0 bridgehead atoms. The molecule has 3 rings (SSSR count). The molecule has 0 saturated carbocycles. The van der Waals surface area contributed by atoms with Crippen molar-refractivity contribution in [1.29, 1.82) is 0 Å². The lowest BCUT2D eigenvalue weighted by Gasteiger charge is -2.48. The third-order valence-electron chi connectivity index (χ3n) is 5.45. The van der Waals surface area contributed by atoms with E-state index in [1.165, 1.54) is 12.1 Å². The van der Waals surface area contributed by atoms with Crippen molar-refractivity contribution in [2.24, 2.45) is 0 Å². The predicted octanol–water partition coefficient (Wildman–Crippen LogP) is 3.74. The lowest BCUT2D eigenvalue weighted by Crippen LogP contribution is -2.43. The highest BCUT2D eigenvalue weighted by Crippen LogP contribution is 2.58. The SMILES string of the molecule is CC1(C)c2cc(O)c(O)cc2-c2c(ccc(O)c2O)C1(C)C. The predicted molar refractivity (Wildman–Crippen MR) is 84.6 cm³/mol. The van der Waals surface area contributed by atoms with E-state index in [-0.39, 0.29) is 33.8 Å². The Bertz CT molecular complexity index is 782. The molecular formula is C18H20O4. The van der Waals surface area contributed by atoms with Crippen molar-refractivity contribution < 1.29 is 20.4 Å². The molecule has 0 amide bonds. The summed E-state index contributed by atoms with van der Waals surface area (Å²) in [6.45, 7) is 8.26. The summed E-state index contributed by atoms with van der Waals surface area (Å²) in [6.07, 6.45) is 0. The van der Waals surface area contributed by atoms with Crippen LogP contribution in [0.4, 0.5) is 0 Å². The van der Waals surface area contributed by atoms with Crippen LogP contribution in [0.3, 0.4) is 0 Å². The van der Waals surface area contributed by atoms with E-state index in [2.05, 4.69) is 27.7 Å². The highest BCUT2D eigenvalue weighted by molar-refractivity contribution is 5.85. The van der Waals surface area contributed by atoms with Gasteiger partial charge in [0.2, 0.25) is 0 Å². The summed E-state index contributed by atoms with van der Waals surface area (Å²) in [5.74, 6) is -0.839. The van der Waals surface area contributed by atoms with Gasteiger partial charge in [-0.1, -0.05) is 33.8 Å². The summed E-state index contributed by atoms with van der Waals surface area (Å²) in [4.78, 5) is 0. The van der Waals surface area contributed by atoms with Gasteiger partial charge in [0.25, 0.3) is 0 Å². The van der Waals surface area contributed by atoms with Gasteiger partial charge in [-0.25, -0.2) is 0 Å². The van der Waals surface area contributed by atoms with Gasteiger partial charge >= 0.3 is 0 Å². The van der Waals surface area contributed by atoms with Crippen LogP contribution >= 0.6 is 0 Å². The number of aromatic hydroxyl groups is 4. The van der Waals surface area contributed by atoms with Crippen molar-refractivity contribution in [3.63, 3.8) is 0 Å². The minimum Gasteiger partial charge on any atom is -0.504 e. The van der Waals surface area contributed by atoms with Gasteiger partial charge in [-0.15, -0.1) is 0 Å². The monoisotopic (exact) mass is 300 g/mol. The van der Waals surface area contributed by atoms with Crippen molar-refractivity contribution in [2.45, 2.75) is 38.5 Å². The number of hydrogen-bond acceptors (Lipinski definition) is 4. The Kier molecular flexibility index (Phi) is 2.71. The van der Waals surface area contributed by atoms with E-state index < -0.39 is 0 Å². The first-order valence-electron chi connectivity index (χ1n) is 7.21. The summed E-state index contributed by atoms with van der Waals surface area (Å²) in [5.41, 5.74) is 2.16. The van der Waals surface area contributed by atoms with Gasteiger partial charge in [-0.3, -0.25) is 0 Å². The van der Waals surface area contributed by atoms with Crippen LogP contribution in [0.2, 0.25) is 0 Å². The molecule has 2 aromatic rings. The first kappa shape index (κ1) is 14.6. The largest absolute Gasteiger partial charge is 0.504 e. The van der Waals surface area contributed by atoms with Gasteiger partial charge in [-0.2, -0.15) is 0 Å². The topological polar surface area (TPSA) is 80.9 Å². The molecule has 1 aliphatic carbocycles. The Hall–Kier alpha value is -2.36. The molecule has 0 aliphatic heterocycles. The Morgan fingerprint density at radius 2 is 1.23 bits per heavy atom. The van der Waals surface area contributed by atoms with Crippen molar-refractivity contribution in [3.05, 3.63) is 35.4 Å². The molecule has 0 saturated heterocycles. The van der Waals surface area contributed by atoms with Crippen LogP contribution < -0.4 is 0 Å². The third kappa shape index (κ3) is 1.58. The second-order valence-electron chi connectivity index (χ2n) is 6.99. The average Bonchev–Trinajstić information content (AvgIpc) is 2.42. The van der Waals surface area contributed by atoms with Gasteiger partial charge in [0.05, 0.1) is 0 Å². The zero-order chi connectivity index (χ0) is 16.4. The van der Waals surface area contributed by atoms with Gasteiger partial charge < -0.3 is 20.4 Å². The molecule has 4 nitrogen and oxygen atoms in total. The molecule has 0 radical (unpaired) electrons. The fourth-order valence-electron chi connectivity index (χ4n) is 3.35. The Balaban J connectivity index is 2.51. The lowest BCUT2D eigenvalue weighted by molar-refractivity contribution is 0.294. The second kappa shape index (κ2) is 4.09. The number of phenols is 4. The Morgan fingerprint density at radius 3 is 1.86 bits per heavy atom. The van der Waals surface area contributed by atoms with Gasteiger partial charge in [-0.05, 0) is 45.7 Å². The van der Waals surface area contributed by atoms with E-state index in [0.29, 0.717) is 11.1 Å². The van der Waals surface area contributed by atoms with Crippen LogP contribution in [0.25, 0.3) is 11.1 Å². The first-order valence-corrected chi connectivity index (χ1v) is 7.21. The smallest absolute Gasteiger partial charge is 0.165 e. The molecule has 1 aliphatic rings. The molecule has 0 spiro atoms. The van der Waals surface area contributed by atoms with Crippen LogP contribution in [0.15, 0.2) is 24.3 Å². The molecule has 0 unspecified atom stereocenters. The molecule has 0 atom stereocenters. The van der Waals surface area contributed by atoms with E-state index in [0.717, 1.165) is 11.1 Å². The number of phenolic OH excluding ortho intramolecular Hbond substituents is 4. The van der Waals surface area contributed by atoms with Crippen molar-refractivity contribution in [3.8, 4) is 34.1 Å². The molecule has 4 heteroatoms. The van der Waals surface area contributed by atoms with Crippen molar-refractivity contribution in [1.82, 2.24) is 0 Å². The molecule has 0 aromatic heterocycles. The van der Waals surface area contributed by atoms with E-state index in [4.69, 9.17) is 0 Å². The summed E-state index contributed by atoms with van der Waals surface area (Å²) in [7, 11) is 0. The molecule has 2 aromatic carbocycles. The normalized spacial score (nSPS) is 17.6. The highest BCUT2D eigenvalue weighted by atomic mass is 16.3. The van der Waals surface area contributed by atoms with Crippen molar-refractivity contribution >= 4 is 0 Å². The zero-order valence-electron chi connectivity index (χ0n) is 13.1. The van der Waals surface area contributed by atoms with E-state index in [1.807, 2.05) is 0 Å². The molecule has 0 heterocycles. The summed E-state index contributed by atoms with van der Waals surface area (Å²) in [5, 5.41) is 40.0. The summed E-state index contributed by atoms with van der Waals surface area (Å²) >= 11 is 0. The molecule has 22 heavy (non-hydrogen) atoms. The maximum absolute atomic E-state index is 10.4. The molecule has 116 valence electrons. The van der Waals surface area contributed by atoms with Crippen LogP contribution in [0.1, 0.15) is 38.8 Å². The minimum absolute atomic E-state index is 0.189. The standard InChI is InChI=1S/C18H20O4/c1-17(2)10-5-6-12(19)16(22)15(10)9-7-13(20)14(21)8-11(9)18(17,3)4/h5-8,19-22H,1-4H3. The van der Waals surface area contributed by atoms with Crippen molar-refractivity contribution in [2.75, 3.05) is 0 Å². The number of benzene rings is 2. The second-order valence-corrected chi connectivity index (χ2v) is 6.99. The Labute approximate surface area is 129 Å². The molecule has 4 N–H and O–H groups in total. The fraction of sp³-hybridized carbons (Fsp3) is 0.333. The zero-order valence-corrected chi connectivity index (χ0v) is 13.1. The minimum atomic E-state index is -0.343. The van der Waals surface area contributed by atoms with Gasteiger partial charge in [0, 0.05) is 5.56 Å². The summed E-state index contributed by atoms with van der Waals surface area (Å²) in [6, 6.07) is 6.27. The van der Waals surface area contributed by atoms with Gasteiger partial charge in [0.15, 0.2) is 23.0 Å². The number of hydrogen-bond donors (Lipinski definition) is 4. The number of rotatable bonds is 0.